The molecule has 5 nitrogen and oxygen atoms in total. The average Bonchev–Trinajstić information content (AvgIpc) is 2.27. The Hall–Kier alpha value is -1.75. The Bertz CT molecular complexity index is 493. The van der Waals surface area contributed by atoms with E-state index < -0.39 is 5.41 Å². The minimum Gasteiger partial charge on any atom is -0.409 e. The van der Waals surface area contributed by atoms with Crippen LogP contribution in [0.3, 0.4) is 0 Å². The number of oxime groups is 1. The fourth-order valence-corrected chi connectivity index (χ4v) is 1.38. The number of hydrogen-bond acceptors (Lipinski definition) is 3. The van der Waals surface area contributed by atoms with E-state index in [1.807, 2.05) is 0 Å². The number of anilines is 1. The van der Waals surface area contributed by atoms with Gasteiger partial charge in [0.2, 0.25) is 5.91 Å². The molecule has 0 aliphatic carbocycles. The van der Waals surface area contributed by atoms with Crippen molar-refractivity contribution in [2.24, 2.45) is 16.3 Å². The lowest BCUT2D eigenvalue weighted by Crippen LogP contribution is -2.29. The minimum absolute atomic E-state index is 0.0872. The number of benzene rings is 1. The van der Waals surface area contributed by atoms with E-state index in [4.69, 9.17) is 22.5 Å². The van der Waals surface area contributed by atoms with Crippen molar-refractivity contribution in [1.29, 1.82) is 0 Å². The van der Waals surface area contributed by atoms with Crippen LogP contribution in [0.2, 0.25) is 5.02 Å². The summed E-state index contributed by atoms with van der Waals surface area (Å²) in [7, 11) is 0. The van der Waals surface area contributed by atoms with Crippen LogP contribution in [0.1, 0.15) is 26.3 Å². The summed E-state index contributed by atoms with van der Waals surface area (Å²) in [5, 5.41) is 14.8. The van der Waals surface area contributed by atoms with Gasteiger partial charge in [0.25, 0.3) is 0 Å². The molecule has 6 heteroatoms. The van der Waals surface area contributed by atoms with Crippen LogP contribution in [-0.2, 0) is 4.79 Å². The SMILES string of the molecule is CC(C)(C)C(=O)Nc1cc(Cl)ccc1C(N)=NO. The predicted octanol–water partition coefficient (Wildman–Crippen LogP) is 2.42. The maximum absolute atomic E-state index is 11.9. The van der Waals surface area contributed by atoms with Crippen LogP contribution in [0, 0.1) is 5.41 Å². The van der Waals surface area contributed by atoms with E-state index >= 15 is 0 Å². The fraction of sp³-hybridized carbons (Fsp3) is 0.333. The molecule has 0 saturated heterocycles. The minimum atomic E-state index is -0.551. The molecule has 4 N–H and O–H groups in total. The number of hydrogen-bond donors (Lipinski definition) is 3. The van der Waals surface area contributed by atoms with Crippen LogP contribution < -0.4 is 11.1 Å². The second kappa shape index (κ2) is 5.27. The zero-order valence-corrected chi connectivity index (χ0v) is 11.2. The van der Waals surface area contributed by atoms with E-state index in [2.05, 4.69) is 10.5 Å². The van der Waals surface area contributed by atoms with Gasteiger partial charge in [0.1, 0.15) is 0 Å². The number of nitrogens with one attached hydrogen (secondary N) is 1. The molecular weight excluding hydrogens is 254 g/mol. The molecule has 1 aromatic carbocycles. The number of carbonyl (C=O) groups excluding carboxylic acids is 1. The standard InChI is InChI=1S/C12H16ClN3O2/c1-12(2,3)11(17)15-9-6-7(13)4-5-8(9)10(14)16-18/h4-6,18H,1-3H3,(H2,14,16)(H,15,17). The number of nitrogens with zero attached hydrogens (tertiary/aromatic N) is 1. The lowest BCUT2D eigenvalue weighted by atomic mass is 9.95. The first-order chi connectivity index (χ1) is 8.25. The van der Waals surface area contributed by atoms with E-state index in [9.17, 15) is 4.79 Å². The normalized spacial score (nSPS) is 12.3. The molecule has 18 heavy (non-hydrogen) atoms. The zero-order valence-electron chi connectivity index (χ0n) is 10.5. The van der Waals surface area contributed by atoms with E-state index in [1.54, 1.807) is 39.0 Å². The molecule has 98 valence electrons. The Morgan fingerprint density at radius 1 is 1.44 bits per heavy atom. The van der Waals surface area contributed by atoms with Gasteiger partial charge in [-0.1, -0.05) is 37.5 Å². The smallest absolute Gasteiger partial charge is 0.229 e. The Labute approximate surface area is 111 Å². The second-order valence-corrected chi connectivity index (χ2v) is 5.32. The van der Waals surface area contributed by atoms with Gasteiger partial charge in [0, 0.05) is 16.0 Å². The van der Waals surface area contributed by atoms with Crippen molar-refractivity contribution in [3.63, 3.8) is 0 Å². The third-order valence-corrected chi connectivity index (χ3v) is 2.53. The van der Waals surface area contributed by atoms with E-state index in [-0.39, 0.29) is 11.7 Å². The summed E-state index contributed by atoms with van der Waals surface area (Å²) in [4.78, 5) is 11.9. The molecule has 1 aromatic rings. The highest BCUT2D eigenvalue weighted by Gasteiger charge is 2.22. The summed E-state index contributed by atoms with van der Waals surface area (Å²) in [6.45, 7) is 5.36. The summed E-state index contributed by atoms with van der Waals surface area (Å²) in [5.41, 5.74) is 5.82. The van der Waals surface area contributed by atoms with Gasteiger partial charge in [0.15, 0.2) is 5.84 Å². The highest BCUT2D eigenvalue weighted by Crippen LogP contribution is 2.24. The van der Waals surface area contributed by atoms with Crippen LogP contribution in [-0.4, -0.2) is 17.0 Å². The molecule has 0 spiro atoms. The molecule has 0 aliphatic heterocycles. The highest BCUT2D eigenvalue weighted by atomic mass is 35.5. The summed E-state index contributed by atoms with van der Waals surface area (Å²) < 4.78 is 0. The van der Waals surface area contributed by atoms with Gasteiger partial charge in [-0.25, -0.2) is 0 Å². The van der Waals surface area contributed by atoms with E-state index in [0.29, 0.717) is 16.3 Å². The van der Waals surface area contributed by atoms with E-state index in [1.165, 1.54) is 0 Å². The van der Waals surface area contributed by atoms with Crippen LogP contribution >= 0.6 is 11.6 Å². The van der Waals surface area contributed by atoms with Crippen LogP contribution in [0.15, 0.2) is 23.4 Å². The lowest BCUT2D eigenvalue weighted by Gasteiger charge is -2.19. The summed E-state index contributed by atoms with van der Waals surface area (Å²) in [6, 6.07) is 4.73. The quantitative estimate of drug-likeness (QED) is 0.333. The first-order valence-electron chi connectivity index (χ1n) is 5.34. The van der Waals surface area contributed by atoms with Crippen molar-refractivity contribution >= 4 is 29.0 Å². The monoisotopic (exact) mass is 269 g/mol. The average molecular weight is 270 g/mol. The molecule has 0 fully saturated rings. The zero-order chi connectivity index (χ0) is 13.9. The molecule has 1 amide bonds. The number of amidine groups is 1. The van der Waals surface area contributed by atoms with Crippen molar-refractivity contribution in [3.8, 4) is 0 Å². The highest BCUT2D eigenvalue weighted by molar-refractivity contribution is 6.31. The van der Waals surface area contributed by atoms with Gasteiger partial charge >= 0.3 is 0 Å². The van der Waals surface area contributed by atoms with Crippen LogP contribution in [0.5, 0.6) is 0 Å². The second-order valence-electron chi connectivity index (χ2n) is 4.88. The molecule has 0 heterocycles. The third kappa shape index (κ3) is 3.37. The molecule has 0 aromatic heterocycles. The predicted molar refractivity (Wildman–Crippen MR) is 72.0 cm³/mol. The third-order valence-electron chi connectivity index (χ3n) is 2.29. The summed E-state index contributed by atoms with van der Waals surface area (Å²) >= 11 is 5.87. The topological polar surface area (TPSA) is 87.7 Å². The molecule has 1 rings (SSSR count). The molecule has 0 aliphatic rings. The fourth-order valence-electron chi connectivity index (χ4n) is 1.21. The largest absolute Gasteiger partial charge is 0.409 e. The first kappa shape index (κ1) is 14.3. The van der Waals surface area contributed by atoms with Crippen molar-refractivity contribution in [1.82, 2.24) is 0 Å². The van der Waals surface area contributed by atoms with Crippen molar-refractivity contribution in [3.05, 3.63) is 28.8 Å². The summed E-state index contributed by atoms with van der Waals surface area (Å²) in [6.07, 6.45) is 0. The Morgan fingerprint density at radius 2 is 2.06 bits per heavy atom. The number of rotatable bonds is 2. The van der Waals surface area contributed by atoms with Gasteiger partial charge in [-0.2, -0.15) is 0 Å². The number of amides is 1. The molecule has 0 radical (unpaired) electrons. The lowest BCUT2D eigenvalue weighted by molar-refractivity contribution is -0.123. The maximum atomic E-state index is 11.9. The molecular formula is C12H16ClN3O2. The Balaban J connectivity index is 3.15. The van der Waals surface area contributed by atoms with Gasteiger partial charge in [-0.05, 0) is 18.2 Å². The molecule has 0 saturated carbocycles. The maximum Gasteiger partial charge on any atom is 0.229 e. The molecule has 0 atom stereocenters. The van der Waals surface area contributed by atoms with Crippen molar-refractivity contribution < 1.29 is 10.0 Å². The van der Waals surface area contributed by atoms with Crippen LogP contribution in [0.25, 0.3) is 0 Å². The van der Waals surface area contributed by atoms with Crippen molar-refractivity contribution in [2.45, 2.75) is 20.8 Å². The Kier molecular flexibility index (Phi) is 4.19. The van der Waals surface area contributed by atoms with Gasteiger partial charge in [0.05, 0.1) is 5.69 Å². The first-order valence-corrected chi connectivity index (χ1v) is 5.72. The summed E-state index contributed by atoms with van der Waals surface area (Å²) in [5.74, 6) is -0.271. The number of halogens is 1. The van der Waals surface area contributed by atoms with Crippen LogP contribution in [0.4, 0.5) is 5.69 Å². The molecule has 0 bridgehead atoms. The number of nitrogens with two attached hydrogens (primary N) is 1. The van der Waals surface area contributed by atoms with Crippen molar-refractivity contribution in [2.75, 3.05) is 5.32 Å². The Morgan fingerprint density at radius 3 is 2.56 bits per heavy atom. The van der Waals surface area contributed by atoms with Gasteiger partial charge in [-0.15, -0.1) is 0 Å². The van der Waals surface area contributed by atoms with E-state index in [0.717, 1.165) is 0 Å². The van der Waals surface area contributed by atoms with Gasteiger partial charge in [-0.3, -0.25) is 4.79 Å². The molecule has 0 unspecified atom stereocenters. The van der Waals surface area contributed by atoms with Gasteiger partial charge < -0.3 is 16.3 Å². The number of carbonyl (C=O) groups is 1.